The lowest BCUT2D eigenvalue weighted by Gasteiger charge is -2.23. The minimum atomic E-state index is -0.127. The topological polar surface area (TPSA) is 12.0 Å². The van der Waals surface area contributed by atoms with Crippen LogP contribution in [0.15, 0.2) is 24.3 Å². The largest absolute Gasteiger partial charge is 0.314 e. The molecule has 2 heteroatoms. The van der Waals surface area contributed by atoms with Gasteiger partial charge >= 0.3 is 0 Å². The highest BCUT2D eigenvalue weighted by molar-refractivity contribution is 5.17. The van der Waals surface area contributed by atoms with Crippen molar-refractivity contribution < 1.29 is 4.39 Å². The summed E-state index contributed by atoms with van der Waals surface area (Å²) < 4.78 is 12.9. The highest BCUT2D eigenvalue weighted by Gasteiger charge is 2.12. The molecule has 14 heavy (non-hydrogen) atoms. The Kier molecular flexibility index (Phi) is 3.14. The van der Waals surface area contributed by atoms with E-state index in [-0.39, 0.29) is 5.82 Å². The molecule has 1 fully saturated rings. The third-order valence-corrected chi connectivity index (χ3v) is 2.78. The summed E-state index contributed by atoms with van der Waals surface area (Å²) >= 11 is 0. The highest BCUT2D eigenvalue weighted by Crippen LogP contribution is 2.13. The number of nitrogens with one attached hydrogen (secondary N) is 1. The number of piperidine rings is 1. The van der Waals surface area contributed by atoms with Crippen molar-refractivity contribution in [2.24, 2.45) is 0 Å². The lowest BCUT2D eigenvalue weighted by molar-refractivity contribution is 0.399. The third kappa shape index (κ3) is 2.55. The van der Waals surface area contributed by atoms with Gasteiger partial charge in [-0.15, -0.1) is 0 Å². The zero-order valence-corrected chi connectivity index (χ0v) is 8.30. The Hall–Kier alpha value is -0.890. The number of hydrogen-bond acceptors (Lipinski definition) is 1. The molecule has 2 rings (SSSR count). The number of hydrogen-bond donors (Lipinski definition) is 1. The molecule has 1 N–H and O–H groups in total. The summed E-state index contributed by atoms with van der Waals surface area (Å²) in [4.78, 5) is 0. The maximum Gasteiger partial charge on any atom is 0.123 e. The summed E-state index contributed by atoms with van der Waals surface area (Å²) in [7, 11) is 0. The minimum Gasteiger partial charge on any atom is -0.314 e. The average Bonchev–Trinajstić information content (AvgIpc) is 2.19. The standard InChI is InChI=1S/C12H16FN/c13-11-5-3-4-10(8-11)9-12-6-1-2-7-14-12/h3-5,8,12,14H,1-2,6-7,9H2. The molecule has 1 atom stereocenters. The molecular weight excluding hydrogens is 177 g/mol. The molecule has 1 aromatic rings. The van der Waals surface area contributed by atoms with E-state index in [0.29, 0.717) is 6.04 Å². The van der Waals surface area contributed by atoms with Gasteiger partial charge in [-0.2, -0.15) is 0 Å². The van der Waals surface area contributed by atoms with Gasteiger partial charge < -0.3 is 5.32 Å². The minimum absolute atomic E-state index is 0.127. The van der Waals surface area contributed by atoms with Crippen molar-refractivity contribution in [3.63, 3.8) is 0 Å². The summed E-state index contributed by atoms with van der Waals surface area (Å²) in [6.45, 7) is 1.11. The number of halogens is 1. The first kappa shape index (κ1) is 9.66. The fourth-order valence-corrected chi connectivity index (χ4v) is 2.05. The van der Waals surface area contributed by atoms with Crippen molar-refractivity contribution in [1.29, 1.82) is 0 Å². The van der Waals surface area contributed by atoms with Crippen LogP contribution in [0, 0.1) is 5.82 Å². The Morgan fingerprint density at radius 1 is 1.36 bits per heavy atom. The predicted octanol–water partition coefficient (Wildman–Crippen LogP) is 2.51. The first-order valence-electron chi connectivity index (χ1n) is 5.32. The average molecular weight is 193 g/mol. The van der Waals surface area contributed by atoms with Gasteiger partial charge in [0.05, 0.1) is 0 Å². The van der Waals surface area contributed by atoms with Crippen LogP contribution in [0.5, 0.6) is 0 Å². The molecule has 0 saturated carbocycles. The third-order valence-electron chi connectivity index (χ3n) is 2.78. The highest BCUT2D eigenvalue weighted by atomic mass is 19.1. The molecule has 0 bridgehead atoms. The second-order valence-electron chi connectivity index (χ2n) is 3.98. The summed E-state index contributed by atoms with van der Waals surface area (Å²) in [5.41, 5.74) is 1.10. The van der Waals surface area contributed by atoms with Gasteiger partial charge in [0.1, 0.15) is 5.82 Å². The Labute approximate surface area is 84.3 Å². The van der Waals surface area contributed by atoms with Crippen LogP contribution in [-0.2, 0) is 6.42 Å². The van der Waals surface area contributed by atoms with Gasteiger partial charge in [0.2, 0.25) is 0 Å². The van der Waals surface area contributed by atoms with E-state index in [9.17, 15) is 4.39 Å². The fourth-order valence-electron chi connectivity index (χ4n) is 2.05. The Morgan fingerprint density at radius 3 is 3.00 bits per heavy atom. The zero-order valence-electron chi connectivity index (χ0n) is 8.30. The predicted molar refractivity (Wildman–Crippen MR) is 55.7 cm³/mol. The van der Waals surface area contributed by atoms with Crippen LogP contribution in [0.1, 0.15) is 24.8 Å². The van der Waals surface area contributed by atoms with Crippen molar-refractivity contribution in [2.75, 3.05) is 6.54 Å². The molecular formula is C12H16FN. The number of benzene rings is 1. The van der Waals surface area contributed by atoms with E-state index >= 15 is 0 Å². The van der Waals surface area contributed by atoms with E-state index in [1.807, 2.05) is 6.07 Å². The van der Waals surface area contributed by atoms with Gasteiger partial charge in [-0.3, -0.25) is 0 Å². The summed E-state index contributed by atoms with van der Waals surface area (Å²) in [5, 5.41) is 3.46. The molecule has 1 aromatic carbocycles. The van der Waals surface area contributed by atoms with Gasteiger partial charge in [0.15, 0.2) is 0 Å². The van der Waals surface area contributed by atoms with Gasteiger partial charge in [-0.1, -0.05) is 18.6 Å². The molecule has 1 nitrogen and oxygen atoms in total. The normalized spacial score (nSPS) is 22.2. The van der Waals surface area contributed by atoms with Crippen LogP contribution in [0.3, 0.4) is 0 Å². The second-order valence-corrected chi connectivity index (χ2v) is 3.98. The molecule has 1 aliphatic heterocycles. The van der Waals surface area contributed by atoms with E-state index in [0.717, 1.165) is 18.5 Å². The van der Waals surface area contributed by atoms with E-state index in [4.69, 9.17) is 0 Å². The molecule has 1 aliphatic rings. The van der Waals surface area contributed by atoms with Crippen molar-refractivity contribution in [3.05, 3.63) is 35.6 Å². The molecule has 0 amide bonds. The molecule has 76 valence electrons. The monoisotopic (exact) mass is 193 g/mol. The molecule has 0 aromatic heterocycles. The van der Waals surface area contributed by atoms with Crippen LogP contribution in [0.2, 0.25) is 0 Å². The SMILES string of the molecule is Fc1cccc(CC2CCCCN2)c1. The van der Waals surface area contributed by atoms with E-state index in [1.165, 1.54) is 25.3 Å². The van der Waals surface area contributed by atoms with Gasteiger partial charge in [0, 0.05) is 6.04 Å². The Balaban J connectivity index is 1.95. The molecule has 1 unspecified atom stereocenters. The van der Waals surface area contributed by atoms with E-state index in [2.05, 4.69) is 5.32 Å². The Bertz CT molecular complexity index is 292. The summed E-state index contributed by atoms with van der Waals surface area (Å²) in [6, 6.07) is 7.46. The van der Waals surface area contributed by atoms with Crippen molar-refractivity contribution >= 4 is 0 Å². The molecule has 1 saturated heterocycles. The zero-order chi connectivity index (χ0) is 9.80. The molecule has 0 aliphatic carbocycles. The maximum atomic E-state index is 12.9. The first-order chi connectivity index (χ1) is 6.84. The van der Waals surface area contributed by atoms with Gasteiger partial charge in [-0.25, -0.2) is 4.39 Å². The van der Waals surface area contributed by atoms with Crippen LogP contribution in [-0.4, -0.2) is 12.6 Å². The number of rotatable bonds is 2. The van der Waals surface area contributed by atoms with Crippen LogP contribution in [0.25, 0.3) is 0 Å². The van der Waals surface area contributed by atoms with Crippen molar-refractivity contribution in [3.8, 4) is 0 Å². The van der Waals surface area contributed by atoms with Gasteiger partial charge in [-0.05, 0) is 43.5 Å². The van der Waals surface area contributed by atoms with Crippen LogP contribution < -0.4 is 5.32 Å². The molecule has 0 radical (unpaired) electrons. The quantitative estimate of drug-likeness (QED) is 0.761. The van der Waals surface area contributed by atoms with Crippen molar-refractivity contribution in [2.45, 2.75) is 31.7 Å². The van der Waals surface area contributed by atoms with Crippen LogP contribution >= 0.6 is 0 Å². The second kappa shape index (κ2) is 4.56. The molecule has 1 heterocycles. The summed E-state index contributed by atoms with van der Waals surface area (Å²) in [5.74, 6) is -0.127. The van der Waals surface area contributed by atoms with Crippen molar-refractivity contribution in [1.82, 2.24) is 5.32 Å². The van der Waals surface area contributed by atoms with E-state index in [1.54, 1.807) is 12.1 Å². The maximum absolute atomic E-state index is 12.9. The lowest BCUT2D eigenvalue weighted by Crippen LogP contribution is -2.35. The van der Waals surface area contributed by atoms with Crippen LogP contribution in [0.4, 0.5) is 4.39 Å². The Morgan fingerprint density at radius 2 is 2.29 bits per heavy atom. The summed E-state index contributed by atoms with van der Waals surface area (Å²) in [6.07, 6.45) is 4.75. The smallest absolute Gasteiger partial charge is 0.123 e. The molecule has 0 spiro atoms. The fraction of sp³-hybridized carbons (Fsp3) is 0.500. The lowest BCUT2D eigenvalue weighted by atomic mass is 9.98. The van der Waals surface area contributed by atoms with Gasteiger partial charge in [0.25, 0.3) is 0 Å². The first-order valence-corrected chi connectivity index (χ1v) is 5.32. The van der Waals surface area contributed by atoms with E-state index < -0.39 is 0 Å².